The number of sulfonamides is 1. The Labute approximate surface area is 160 Å². The van der Waals surface area contributed by atoms with Crippen molar-refractivity contribution >= 4 is 26.7 Å². The minimum Gasteiger partial charge on any atom is -0.385 e. The van der Waals surface area contributed by atoms with Crippen molar-refractivity contribution in [2.24, 2.45) is 13.0 Å². The minimum absolute atomic E-state index is 0.0282. The number of aromatic nitrogens is 1. The molecule has 0 unspecified atom stereocenters. The van der Waals surface area contributed by atoms with Crippen LogP contribution in [0.4, 0.5) is 5.69 Å². The van der Waals surface area contributed by atoms with Crippen LogP contribution in [-0.2, 0) is 17.1 Å². The lowest BCUT2D eigenvalue weighted by molar-refractivity contribution is 0.322. The molecule has 1 aliphatic carbocycles. The SMILES string of the molecule is Cn1oc2cc(NC[C@H]3CC[C@H](NS(=O)(=O)C(C)(C)C)CC3)ccc2c1=O. The normalized spacial score (nSPS) is 21.5. The third-order valence-corrected chi connectivity index (χ3v) is 7.56. The van der Waals surface area contributed by atoms with Gasteiger partial charge in [-0.05, 0) is 64.5 Å². The van der Waals surface area contributed by atoms with E-state index in [4.69, 9.17) is 4.52 Å². The highest BCUT2D eigenvalue weighted by Crippen LogP contribution is 2.27. The summed E-state index contributed by atoms with van der Waals surface area (Å²) in [6.07, 6.45) is 3.67. The van der Waals surface area contributed by atoms with E-state index >= 15 is 0 Å². The predicted molar refractivity (Wildman–Crippen MR) is 107 cm³/mol. The molecule has 0 amide bonds. The lowest BCUT2D eigenvalue weighted by atomic mass is 9.86. The van der Waals surface area contributed by atoms with E-state index in [-0.39, 0.29) is 11.6 Å². The number of anilines is 1. The van der Waals surface area contributed by atoms with Gasteiger partial charge in [-0.2, -0.15) is 4.74 Å². The first-order valence-corrected chi connectivity index (χ1v) is 10.9. The van der Waals surface area contributed by atoms with Crippen molar-refractivity contribution in [2.45, 2.75) is 57.2 Å². The van der Waals surface area contributed by atoms with Gasteiger partial charge >= 0.3 is 0 Å². The maximum absolute atomic E-state index is 12.3. The van der Waals surface area contributed by atoms with Gasteiger partial charge in [0.2, 0.25) is 10.0 Å². The highest BCUT2D eigenvalue weighted by atomic mass is 32.2. The zero-order valence-corrected chi connectivity index (χ0v) is 17.2. The Morgan fingerprint density at radius 2 is 1.85 bits per heavy atom. The van der Waals surface area contributed by atoms with Gasteiger partial charge in [0.05, 0.1) is 10.1 Å². The number of aryl methyl sites for hydroxylation is 1. The van der Waals surface area contributed by atoms with E-state index in [1.54, 1.807) is 33.9 Å². The fraction of sp³-hybridized carbons (Fsp3) is 0.632. The molecule has 7 nitrogen and oxygen atoms in total. The minimum atomic E-state index is -3.30. The van der Waals surface area contributed by atoms with Crippen molar-refractivity contribution in [3.63, 3.8) is 0 Å². The van der Waals surface area contributed by atoms with E-state index in [1.807, 2.05) is 12.1 Å². The number of rotatable bonds is 5. The van der Waals surface area contributed by atoms with E-state index in [2.05, 4.69) is 10.0 Å². The average molecular weight is 396 g/mol. The Balaban J connectivity index is 1.52. The van der Waals surface area contributed by atoms with Crippen LogP contribution in [0.5, 0.6) is 0 Å². The lowest BCUT2D eigenvalue weighted by Crippen LogP contribution is -2.46. The first-order chi connectivity index (χ1) is 12.6. The molecule has 8 heteroatoms. The van der Waals surface area contributed by atoms with Crippen LogP contribution in [0.1, 0.15) is 46.5 Å². The second kappa shape index (κ2) is 7.31. The summed E-state index contributed by atoms with van der Waals surface area (Å²) in [7, 11) is -1.70. The number of hydrogen-bond acceptors (Lipinski definition) is 5. The molecule has 1 fully saturated rings. The van der Waals surface area contributed by atoms with Gasteiger partial charge in [-0.25, -0.2) is 13.1 Å². The monoisotopic (exact) mass is 395 g/mol. The molecule has 0 saturated heterocycles. The van der Waals surface area contributed by atoms with E-state index in [0.29, 0.717) is 16.9 Å². The Bertz CT molecular complexity index is 961. The number of nitrogens with one attached hydrogen (secondary N) is 2. The maximum atomic E-state index is 12.3. The number of nitrogens with zero attached hydrogens (tertiary/aromatic N) is 1. The van der Waals surface area contributed by atoms with Crippen LogP contribution < -0.4 is 15.6 Å². The zero-order chi connectivity index (χ0) is 19.8. The number of benzene rings is 1. The second-order valence-electron chi connectivity index (χ2n) is 8.44. The van der Waals surface area contributed by atoms with Crippen LogP contribution in [-0.4, -0.2) is 30.5 Å². The van der Waals surface area contributed by atoms with Gasteiger partial charge < -0.3 is 9.84 Å². The largest absolute Gasteiger partial charge is 0.385 e. The lowest BCUT2D eigenvalue weighted by Gasteiger charge is -2.31. The average Bonchev–Trinajstić information content (AvgIpc) is 2.87. The maximum Gasteiger partial charge on any atom is 0.290 e. The summed E-state index contributed by atoms with van der Waals surface area (Å²) < 4.78 is 33.3. The number of fused-ring (bicyclic) bond motifs is 1. The van der Waals surface area contributed by atoms with E-state index in [1.165, 1.54) is 4.74 Å². The summed E-state index contributed by atoms with van der Waals surface area (Å²) in [5.74, 6) is 0.499. The highest BCUT2D eigenvalue weighted by Gasteiger charge is 2.32. The topological polar surface area (TPSA) is 93.3 Å². The molecule has 2 N–H and O–H groups in total. The molecule has 1 heterocycles. The molecule has 2 aromatic rings. The molecule has 3 rings (SSSR count). The molecule has 0 bridgehead atoms. The molecule has 27 heavy (non-hydrogen) atoms. The van der Waals surface area contributed by atoms with Gasteiger partial charge in [-0.15, -0.1) is 0 Å². The van der Waals surface area contributed by atoms with Crippen molar-refractivity contribution in [3.05, 3.63) is 28.6 Å². The third kappa shape index (κ3) is 4.38. The van der Waals surface area contributed by atoms with Gasteiger partial charge in [0.25, 0.3) is 5.56 Å². The van der Waals surface area contributed by atoms with Gasteiger partial charge in [-0.3, -0.25) is 4.79 Å². The molecule has 0 spiro atoms. The summed E-state index contributed by atoms with van der Waals surface area (Å²) in [5, 5.41) is 3.99. The Morgan fingerprint density at radius 3 is 2.48 bits per heavy atom. The fourth-order valence-corrected chi connectivity index (χ4v) is 4.41. The first kappa shape index (κ1) is 19.9. The van der Waals surface area contributed by atoms with Crippen molar-refractivity contribution in [2.75, 3.05) is 11.9 Å². The van der Waals surface area contributed by atoms with E-state index in [0.717, 1.165) is 37.9 Å². The van der Waals surface area contributed by atoms with Gasteiger partial charge in [-0.1, -0.05) is 0 Å². The van der Waals surface area contributed by atoms with Crippen molar-refractivity contribution in [3.8, 4) is 0 Å². The Kier molecular flexibility index (Phi) is 5.40. The summed E-state index contributed by atoms with van der Waals surface area (Å²) in [6.45, 7) is 5.98. The summed E-state index contributed by atoms with van der Waals surface area (Å²) >= 11 is 0. The molecule has 0 atom stereocenters. The molecular formula is C19H29N3O4S. The van der Waals surface area contributed by atoms with Gasteiger partial charge in [0.1, 0.15) is 0 Å². The molecule has 0 aliphatic heterocycles. The van der Waals surface area contributed by atoms with Crippen molar-refractivity contribution in [1.82, 2.24) is 9.46 Å². The highest BCUT2D eigenvalue weighted by molar-refractivity contribution is 7.90. The molecular weight excluding hydrogens is 366 g/mol. The summed E-state index contributed by atoms with van der Waals surface area (Å²) in [6, 6.07) is 5.55. The van der Waals surface area contributed by atoms with Crippen LogP contribution in [0.3, 0.4) is 0 Å². The smallest absolute Gasteiger partial charge is 0.290 e. The van der Waals surface area contributed by atoms with E-state index in [9.17, 15) is 13.2 Å². The van der Waals surface area contributed by atoms with Crippen LogP contribution in [0.2, 0.25) is 0 Å². The van der Waals surface area contributed by atoms with Gasteiger partial charge in [0, 0.05) is 31.4 Å². The molecule has 1 aliphatic rings. The Hall–Kier alpha value is -1.80. The van der Waals surface area contributed by atoms with E-state index < -0.39 is 14.8 Å². The molecule has 1 aromatic heterocycles. The molecule has 0 radical (unpaired) electrons. The number of hydrogen-bond donors (Lipinski definition) is 2. The summed E-state index contributed by atoms with van der Waals surface area (Å²) in [5.41, 5.74) is 1.37. The molecule has 150 valence electrons. The zero-order valence-electron chi connectivity index (χ0n) is 16.4. The van der Waals surface area contributed by atoms with Crippen LogP contribution in [0.25, 0.3) is 11.0 Å². The Morgan fingerprint density at radius 1 is 1.19 bits per heavy atom. The van der Waals surface area contributed by atoms with Crippen molar-refractivity contribution < 1.29 is 12.9 Å². The summed E-state index contributed by atoms with van der Waals surface area (Å²) in [4.78, 5) is 11.8. The van der Waals surface area contributed by atoms with Crippen LogP contribution in [0, 0.1) is 5.92 Å². The predicted octanol–water partition coefficient (Wildman–Crippen LogP) is 2.82. The molecule has 1 saturated carbocycles. The van der Waals surface area contributed by atoms with Gasteiger partial charge in [0.15, 0.2) is 5.58 Å². The quantitative estimate of drug-likeness (QED) is 0.812. The van der Waals surface area contributed by atoms with Crippen molar-refractivity contribution in [1.29, 1.82) is 0 Å². The van der Waals surface area contributed by atoms with Crippen LogP contribution in [0.15, 0.2) is 27.5 Å². The first-order valence-electron chi connectivity index (χ1n) is 9.42. The third-order valence-electron chi connectivity index (χ3n) is 5.30. The standard InChI is InChI=1S/C19H29N3O4S/c1-19(2,3)27(24,25)21-14-7-5-13(6-8-14)12-20-15-9-10-16-17(11-15)26-22(4)18(16)23/h9-11,13-14,20-21H,5-8,12H2,1-4H3/t13-,14-. The fourth-order valence-electron chi connectivity index (χ4n) is 3.39. The van der Waals surface area contributed by atoms with Crippen LogP contribution >= 0.6 is 0 Å². The second-order valence-corrected chi connectivity index (χ2v) is 10.9. The molecule has 1 aromatic carbocycles.